The maximum Gasteiger partial charge on any atom is 0.234 e. The molecule has 0 amide bonds. The number of benzene rings is 2. The number of anilines is 1. The summed E-state index contributed by atoms with van der Waals surface area (Å²) in [6, 6.07) is 17.4. The first-order valence-corrected chi connectivity index (χ1v) is 11.9. The number of halogens is 2. The van der Waals surface area contributed by atoms with Crippen LogP contribution in [0.25, 0.3) is 11.5 Å². The van der Waals surface area contributed by atoms with Gasteiger partial charge in [0.15, 0.2) is 0 Å². The fraction of sp³-hybridized carbons (Fsp3) is 0.0476. The van der Waals surface area contributed by atoms with Gasteiger partial charge in [0.25, 0.3) is 0 Å². The van der Waals surface area contributed by atoms with Gasteiger partial charge in [0.05, 0.1) is 4.90 Å². The molecule has 0 saturated heterocycles. The summed E-state index contributed by atoms with van der Waals surface area (Å²) in [5.74, 6) is 0.298. The zero-order chi connectivity index (χ0) is 21.1. The third-order valence-corrected chi connectivity index (χ3v) is 6.98. The Bertz CT molecular complexity index is 1260. The molecule has 0 aliphatic heterocycles. The summed E-state index contributed by atoms with van der Waals surface area (Å²) >= 11 is 6.71. The van der Waals surface area contributed by atoms with Crippen molar-refractivity contribution in [2.75, 3.05) is 5.32 Å². The standard InChI is InChI=1S/C21H15Br2N3O3S/c22-16-5-3-15(4-6-16)19-26-21(30(27,28)18-9-7-17(23)8-10-18)20(29-19)25-13-14-2-1-11-24-12-14/h1-12,25H,13H2. The molecule has 0 bridgehead atoms. The Kier molecular flexibility index (Phi) is 6.03. The molecule has 9 heteroatoms. The normalized spacial score (nSPS) is 11.4. The first-order chi connectivity index (χ1) is 14.4. The Morgan fingerprint density at radius 3 is 2.23 bits per heavy atom. The van der Waals surface area contributed by atoms with Gasteiger partial charge in [-0.3, -0.25) is 4.98 Å². The van der Waals surface area contributed by atoms with Gasteiger partial charge in [0.1, 0.15) is 0 Å². The van der Waals surface area contributed by atoms with Crippen LogP contribution in [0, 0.1) is 0 Å². The molecule has 4 aromatic rings. The van der Waals surface area contributed by atoms with E-state index >= 15 is 0 Å². The monoisotopic (exact) mass is 547 g/mol. The summed E-state index contributed by atoms with van der Waals surface area (Å²) < 4.78 is 34.1. The van der Waals surface area contributed by atoms with Crippen molar-refractivity contribution in [3.63, 3.8) is 0 Å². The molecular formula is C21H15Br2N3O3S. The summed E-state index contributed by atoms with van der Waals surface area (Å²) in [7, 11) is -3.90. The Morgan fingerprint density at radius 1 is 0.933 bits per heavy atom. The lowest BCUT2D eigenvalue weighted by Crippen LogP contribution is -2.07. The van der Waals surface area contributed by atoms with Gasteiger partial charge >= 0.3 is 0 Å². The molecule has 2 aromatic heterocycles. The molecule has 0 aliphatic rings. The van der Waals surface area contributed by atoms with Crippen LogP contribution >= 0.6 is 31.9 Å². The molecule has 0 unspecified atom stereocenters. The average Bonchev–Trinajstić information content (AvgIpc) is 3.19. The van der Waals surface area contributed by atoms with Crippen LogP contribution < -0.4 is 5.32 Å². The first kappa shape index (κ1) is 20.8. The number of sulfone groups is 1. The number of hydrogen-bond acceptors (Lipinski definition) is 6. The van der Waals surface area contributed by atoms with E-state index in [0.29, 0.717) is 12.1 Å². The SMILES string of the molecule is O=S(=O)(c1ccc(Br)cc1)c1nc(-c2ccc(Br)cc2)oc1NCc1cccnc1. The average molecular weight is 549 g/mol. The van der Waals surface area contributed by atoms with Crippen molar-refractivity contribution in [1.29, 1.82) is 0 Å². The van der Waals surface area contributed by atoms with Gasteiger partial charge < -0.3 is 9.73 Å². The van der Waals surface area contributed by atoms with E-state index in [0.717, 1.165) is 14.5 Å². The molecular weight excluding hydrogens is 534 g/mol. The highest BCUT2D eigenvalue weighted by Gasteiger charge is 2.28. The minimum atomic E-state index is -3.90. The maximum atomic E-state index is 13.3. The van der Waals surface area contributed by atoms with E-state index in [1.165, 1.54) is 12.1 Å². The van der Waals surface area contributed by atoms with Crippen LogP contribution in [0.2, 0.25) is 0 Å². The number of hydrogen-bond donors (Lipinski definition) is 1. The van der Waals surface area contributed by atoms with Crippen LogP contribution in [0.1, 0.15) is 5.56 Å². The Morgan fingerprint density at radius 2 is 1.60 bits per heavy atom. The summed E-state index contributed by atoms with van der Waals surface area (Å²) in [6.45, 7) is 0.339. The minimum Gasteiger partial charge on any atom is -0.419 e. The van der Waals surface area contributed by atoms with Crippen molar-refractivity contribution in [3.05, 3.63) is 87.6 Å². The smallest absolute Gasteiger partial charge is 0.234 e. The van der Waals surface area contributed by atoms with E-state index in [4.69, 9.17) is 4.42 Å². The van der Waals surface area contributed by atoms with E-state index in [2.05, 4.69) is 47.1 Å². The summed E-state index contributed by atoms with van der Waals surface area (Å²) in [4.78, 5) is 8.54. The van der Waals surface area contributed by atoms with Gasteiger partial charge in [-0.05, 0) is 60.2 Å². The number of rotatable bonds is 6. The number of aromatic nitrogens is 2. The Balaban J connectivity index is 1.76. The van der Waals surface area contributed by atoms with E-state index in [1.54, 1.807) is 36.7 Å². The van der Waals surface area contributed by atoms with Crippen LogP contribution in [0.5, 0.6) is 0 Å². The molecule has 6 nitrogen and oxygen atoms in total. The second-order valence-electron chi connectivity index (χ2n) is 6.33. The molecule has 152 valence electrons. The van der Waals surface area contributed by atoms with Gasteiger partial charge in [-0.25, -0.2) is 8.42 Å². The van der Waals surface area contributed by atoms with Crippen molar-refractivity contribution in [3.8, 4) is 11.5 Å². The third-order valence-electron chi connectivity index (χ3n) is 4.24. The minimum absolute atomic E-state index is 0.0830. The Labute approximate surface area is 190 Å². The van der Waals surface area contributed by atoms with E-state index in [-0.39, 0.29) is 21.7 Å². The van der Waals surface area contributed by atoms with Crippen molar-refractivity contribution in [1.82, 2.24) is 9.97 Å². The van der Waals surface area contributed by atoms with Crippen LogP contribution in [0.3, 0.4) is 0 Å². The van der Waals surface area contributed by atoms with Crippen molar-refractivity contribution in [2.24, 2.45) is 0 Å². The van der Waals surface area contributed by atoms with Gasteiger partial charge in [-0.1, -0.05) is 37.9 Å². The largest absolute Gasteiger partial charge is 0.419 e. The highest BCUT2D eigenvalue weighted by molar-refractivity contribution is 9.10. The summed E-state index contributed by atoms with van der Waals surface area (Å²) in [6.07, 6.45) is 3.37. The molecule has 30 heavy (non-hydrogen) atoms. The molecule has 4 rings (SSSR count). The number of nitrogens with zero attached hydrogens (tertiary/aromatic N) is 2. The lowest BCUT2D eigenvalue weighted by atomic mass is 10.2. The highest BCUT2D eigenvalue weighted by atomic mass is 79.9. The molecule has 2 aromatic carbocycles. The Hall–Kier alpha value is -2.49. The molecule has 0 atom stereocenters. The fourth-order valence-electron chi connectivity index (χ4n) is 2.73. The van der Waals surface area contributed by atoms with Crippen molar-refractivity contribution in [2.45, 2.75) is 16.5 Å². The van der Waals surface area contributed by atoms with Crippen LogP contribution in [0.15, 0.2) is 96.3 Å². The zero-order valence-corrected chi connectivity index (χ0v) is 19.4. The molecule has 0 radical (unpaired) electrons. The molecule has 0 aliphatic carbocycles. The highest BCUT2D eigenvalue weighted by Crippen LogP contribution is 2.33. The van der Waals surface area contributed by atoms with E-state index in [1.807, 2.05) is 24.3 Å². The zero-order valence-electron chi connectivity index (χ0n) is 15.4. The van der Waals surface area contributed by atoms with Gasteiger partial charge in [0, 0.05) is 33.4 Å². The summed E-state index contributed by atoms with van der Waals surface area (Å²) in [5, 5.41) is 2.89. The molecule has 0 saturated carbocycles. The van der Waals surface area contributed by atoms with E-state index < -0.39 is 9.84 Å². The van der Waals surface area contributed by atoms with Gasteiger partial charge in [0.2, 0.25) is 26.6 Å². The van der Waals surface area contributed by atoms with Crippen LogP contribution in [0.4, 0.5) is 5.88 Å². The van der Waals surface area contributed by atoms with Crippen LogP contribution in [-0.4, -0.2) is 18.4 Å². The lowest BCUT2D eigenvalue weighted by Gasteiger charge is -2.06. The third kappa shape index (κ3) is 4.48. The second-order valence-corrected chi connectivity index (χ2v) is 10.0. The van der Waals surface area contributed by atoms with E-state index in [9.17, 15) is 8.42 Å². The van der Waals surface area contributed by atoms with Crippen molar-refractivity contribution >= 4 is 47.6 Å². The van der Waals surface area contributed by atoms with Gasteiger partial charge in [-0.15, -0.1) is 0 Å². The fourth-order valence-corrected chi connectivity index (χ4v) is 4.53. The number of pyridine rings is 1. The first-order valence-electron chi connectivity index (χ1n) is 8.84. The predicted molar refractivity (Wildman–Crippen MR) is 121 cm³/mol. The van der Waals surface area contributed by atoms with Crippen molar-refractivity contribution < 1.29 is 12.8 Å². The summed E-state index contributed by atoms with van der Waals surface area (Å²) in [5.41, 5.74) is 1.55. The molecule has 2 heterocycles. The second kappa shape index (κ2) is 8.71. The molecule has 0 fully saturated rings. The maximum absolute atomic E-state index is 13.3. The topological polar surface area (TPSA) is 85.1 Å². The van der Waals surface area contributed by atoms with Gasteiger partial charge in [-0.2, -0.15) is 4.98 Å². The molecule has 0 spiro atoms. The van der Waals surface area contributed by atoms with Crippen LogP contribution in [-0.2, 0) is 16.4 Å². The number of oxazole rings is 1. The lowest BCUT2D eigenvalue weighted by molar-refractivity contribution is 0.576. The molecule has 1 N–H and O–H groups in total. The number of nitrogens with one attached hydrogen (secondary N) is 1. The predicted octanol–water partition coefficient (Wildman–Crippen LogP) is 5.71. The quantitative estimate of drug-likeness (QED) is 0.332.